The molecule has 5 N–H and O–H groups in total. The summed E-state index contributed by atoms with van der Waals surface area (Å²) in [6, 6.07) is 8.06. The van der Waals surface area contributed by atoms with Gasteiger partial charge in [0.25, 0.3) is 0 Å². The van der Waals surface area contributed by atoms with E-state index in [9.17, 15) is 9.59 Å². The van der Waals surface area contributed by atoms with Crippen LogP contribution < -0.4 is 16.4 Å². The van der Waals surface area contributed by atoms with Gasteiger partial charge in [0.1, 0.15) is 12.1 Å². The number of hydrogen-bond donors (Lipinski definition) is 4. The van der Waals surface area contributed by atoms with Gasteiger partial charge >= 0.3 is 0 Å². The molecular weight excluding hydrogens is 268 g/mol. The summed E-state index contributed by atoms with van der Waals surface area (Å²) in [7, 11) is 0. The van der Waals surface area contributed by atoms with Crippen LogP contribution in [0.25, 0.3) is 0 Å². The van der Waals surface area contributed by atoms with E-state index in [0.717, 1.165) is 18.4 Å². The number of amidine groups is 1. The molecule has 112 valence electrons. The lowest BCUT2D eigenvalue weighted by Gasteiger charge is -2.29. The second-order valence-corrected chi connectivity index (χ2v) is 5.18. The molecule has 1 aromatic rings. The standard InChI is InChI=1S/C15H20N4O2/c16-12(17)9-5-4-8-11-14(20)19-13(15(21)18-11)10-6-2-1-3-7-10/h1-3,6-7,11,13H,4-5,8-9H2,(H3,16,17)(H,18,21)(H,19,20)/t11-,13+/m0/s1. The van der Waals surface area contributed by atoms with Crippen molar-refractivity contribution in [2.45, 2.75) is 37.8 Å². The van der Waals surface area contributed by atoms with Crippen molar-refractivity contribution in [1.82, 2.24) is 10.6 Å². The fourth-order valence-corrected chi connectivity index (χ4v) is 2.38. The predicted octanol–water partition coefficient (Wildman–Crippen LogP) is 0.839. The van der Waals surface area contributed by atoms with Crippen molar-refractivity contribution < 1.29 is 9.59 Å². The van der Waals surface area contributed by atoms with Crippen LogP contribution >= 0.6 is 0 Å². The van der Waals surface area contributed by atoms with E-state index >= 15 is 0 Å². The topological polar surface area (TPSA) is 108 Å². The largest absolute Gasteiger partial charge is 0.388 e. The minimum absolute atomic E-state index is 0.149. The highest BCUT2D eigenvalue weighted by Crippen LogP contribution is 2.18. The molecule has 6 heteroatoms. The molecule has 0 aliphatic carbocycles. The summed E-state index contributed by atoms with van der Waals surface area (Å²) in [4.78, 5) is 24.2. The Bertz CT molecular complexity index is 530. The molecule has 1 aliphatic heterocycles. The Labute approximate surface area is 123 Å². The number of carbonyl (C=O) groups is 2. The van der Waals surface area contributed by atoms with Crippen molar-refractivity contribution in [2.75, 3.05) is 0 Å². The van der Waals surface area contributed by atoms with Crippen LogP contribution in [0, 0.1) is 5.41 Å². The van der Waals surface area contributed by atoms with Gasteiger partial charge < -0.3 is 16.4 Å². The summed E-state index contributed by atoms with van der Waals surface area (Å²) in [5, 5.41) is 12.7. The first-order valence-electron chi connectivity index (χ1n) is 7.06. The van der Waals surface area contributed by atoms with E-state index in [-0.39, 0.29) is 17.6 Å². The molecular formula is C15H20N4O2. The Balaban J connectivity index is 1.89. The zero-order chi connectivity index (χ0) is 15.2. The number of benzene rings is 1. The molecule has 1 fully saturated rings. The van der Waals surface area contributed by atoms with Crippen LogP contribution in [-0.2, 0) is 9.59 Å². The molecule has 6 nitrogen and oxygen atoms in total. The maximum absolute atomic E-state index is 12.1. The summed E-state index contributed by atoms with van der Waals surface area (Å²) >= 11 is 0. The van der Waals surface area contributed by atoms with Crippen LogP contribution in [0.15, 0.2) is 30.3 Å². The zero-order valence-electron chi connectivity index (χ0n) is 11.8. The highest BCUT2D eigenvalue weighted by atomic mass is 16.2. The Morgan fingerprint density at radius 3 is 2.48 bits per heavy atom. The van der Waals surface area contributed by atoms with E-state index in [1.165, 1.54) is 0 Å². The summed E-state index contributed by atoms with van der Waals surface area (Å²) in [6.07, 6.45) is 2.58. The molecule has 0 unspecified atom stereocenters. The molecule has 2 atom stereocenters. The van der Waals surface area contributed by atoms with Gasteiger partial charge in [-0.25, -0.2) is 0 Å². The fraction of sp³-hybridized carbons (Fsp3) is 0.400. The smallest absolute Gasteiger partial charge is 0.247 e. The van der Waals surface area contributed by atoms with Gasteiger partial charge in [-0.1, -0.05) is 36.8 Å². The van der Waals surface area contributed by atoms with E-state index < -0.39 is 12.1 Å². The molecule has 0 bridgehead atoms. The Morgan fingerprint density at radius 1 is 1.10 bits per heavy atom. The molecule has 0 aromatic heterocycles. The summed E-state index contributed by atoms with van der Waals surface area (Å²) < 4.78 is 0. The molecule has 21 heavy (non-hydrogen) atoms. The lowest BCUT2D eigenvalue weighted by molar-refractivity contribution is -0.137. The average Bonchev–Trinajstić information content (AvgIpc) is 2.47. The second kappa shape index (κ2) is 6.88. The van der Waals surface area contributed by atoms with Crippen LogP contribution in [0.5, 0.6) is 0 Å². The number of unbranched alkanes of at least 4 members (excludes halogenated alkanes) is 1. The SMILES string of the molecule is N=C(N)CCCC[C@@H]1NC(=O)[C@@H](c2ccccc2)NC1=O. The van der Waals surface area contributed by atoms with Crippen molar-refractivity contribution in [3.63, 3.8) is 0 Å². The van der Waals surface area contributed by atoms with Gasteiger partial charge in [-0.3, -0.25) is 15.0 Å². The number of piperazine rings is 1. The number of carbonyl (C=O) groups excluding carboxylic acids is 2. The van der Waals surface area contributed by atoms with Crippen molar-refractivity contribution in [2.24, 2.45) is 5.73 Å². The Kier molecular flexibility index (Phi) is 4.92. The van der Waals surface area contributed by atoms with Gasteiger partial charge in [0, 0.05) is 6.42 Å². The third-order valence-corrected chi connectivity index (χ3v) is 3.50. The molecule has 0 saturated carbocycles. The van der Waals surface area contributed by atoms with Gasteiger partial charge in [-0.15, -0.1) is 0 Å². The van der Waals surface area contributed by atoms with Crippen molar-refractivity contribution in [3.05, 3.63) is 35.9 Å². The van der Waals surface area contributed by atoms with Crippen LogP contribution in [-0.4, -0.2) is 23.7 Å². The van der Waals surface area contributed by atoms with Gasteiger partial charge in [-0.2, -0.15) is 0 Å². The van der Waals surface area contributed by atoms with Crippen molar-refractivity contribution in [3.8, 4) is 0 Å². The second-order valence-electron chi connectivity index (χ2n) is 5.18. The first-order chi connectivity index (χ1) is 10.1. The van der Waals surface area contributed by atoms with E-state index in [0.29, 0.717) is 12.8 Å². The number of rotatable bonds is 6. The Hall–Kier alpha value is -2.37. The lowest BCUT2D eigenvalue weighted by atomic mass is 9.99. The monoisotopic (exact) mass is 288 g/mol. The van der Waals surface area contributed by atoms with Gasteiger partial charge in [0.05, 0.1) is 5.84 Å². The highest BCUT2D eigenvalue weighted by molar-refractivity contribution is 5.97. The van der Waals surface area contributed by atoms with Crippen molar-refractivity contribution in [1.29, 1.82) is 5.41 Å². The molecule has 0 spiro atoms. The third-order valence-electron chi connectivity index (χ3n) is 3.50. The predicted molar refractivity (Wildman–Crippen MR) is 79.6 cm³/mol. The van der Waals surface area contributed by atoms with Gasteiger partial charge in [-0.05, 0) is 18.4 Å². The minimum atomic E-state index is -0.618. The normalized spacial score (nSPS) is 21.5. The molecule has 2 amide bonds. The molecule has 1 heterocycles. The maximum Gasteiger partial charge on any atom is 0.247 e. The van der Waals surface area contributed by atoms with Crippen LogP contribution in [0.4, 0.5) is 0 Å². The third kappa shape index (κ3) is 4.05. The van der Waals surface area contributed by atoms with E-state index in [4.69, 9.17) is 11.1 Å². The van der Waals surface area contributed by atoms with Crippen LogP contribution in [0.2, 0.25) is 0 Å². The quantitative estimate of drug-likeness (QED) is 0.354. The number of amides is 2. The van der Waals surface area contributed by atoms with E-state index in [2.05, 4.69) is 10.6 Å². The van der Waals surface area contributed by atoms with Crippen LogP contribution in [0.3, 0.4) is 0 Å². The molecule has 2 rings (SSSR count). The van der Waals surface area contributed by atoms with E-state index in [1.54, 1.807) is 0 Å². The Morgan fingerprint density at radius 2 is 1.81 bits per heavy atom. The lowest BCUT2D eigenvalue weighted by Crippen LogP contribution is -2.57. The van der Waals surface area contributed by atoms with Crippen molar-refractivity contribution >= 4 is 17.6 Å². The van der Waals surface area contributed by atoms with Crippen LogP contribution in [0.1, 0.15) is 37.3 Å². The summed E-state index contributed by atoms with van der Waals surface area (Å²) in [5.41, 5.74) is 6.05. The molecule has 1 aromatic carbocycles. The minimum Gasteiger partial charge on any atom is -0.388 e. The molecule has 0 radical (unpaired) electrons. The highest BCUT2D eigenvalue weighted by Gasteiger charge is 2.33. The number of nitrogens with one attached hydrogen (secondary N) is 3. The summed E-state index contributed by atoms with van der Waals surface area (Å²) in [6.45, 7) is 0. The van der Waals surface area contributed by atoms with Gasteiger partial charge in [0.15, 0.2) is 0 Å². The maximum atomic E-state index is 12.1. The molecule has 1 saturated heterocycles. The first kappa shape index (κ1) is 15.0. The summed E-state index contributed by atoms with van der Waals surface area (Å²) in [5.74, 6) is -0.195. The molecule has 1 aliphatic rings. The average molecular weight is 288 g/mol. The van der Waals surface area contributed by atoms with E-state index in [1.807, 2.05) is 30.3 Å². The first-order valence-corrected chi connectivity index (χ1v) is 7.06. The number of hydrogen-bond acceptors (Lipinski definition) is 3. The number of nitrogens with two attached hydrogens (primary N) is 1. The zero-order valence-corrected chi connectivity index (χ0v) is 11.8. The fourth-order valence-electron chi connectivity index (χ4n) is 2.38. The van der Waals surface area contributed by atoms with Gasteiger partial charge in [0.2, 0.25) is 11.8 Å².